The highest BCUT2D eigenvalue weighted by Crippen LogP contribution is 2.46. The molecule has 0 saturated carbocycles. The van der Waals surface area contributed by atoms with Crippen molar-refractivity contribution in [3.63, 3.8) is 0 Å². The lowest BCUT2D eigenvalue weighted by atomic mass is 9.79. The lowest BCUT2D eigenvalue weighted by Crippen LogP contribution is -2.26. The van der Waals surface area contributed by atoms with Crippen molar-refractivity contribution in [1.82, 2.24) is 9.88 Å². The van der Waals surface area contributed by atoms with Crippen LogP contribution in [0.1, 0.15) is 41.0 Å². The summed E-state index contributed by atoms with van der Waals surface area (Å²) in [4.78, 5) is 20.3. The summed E-state index contributed by atoms with van der Waals surface area (Å²) in [6.45, 7) is 5.01. The predicted octanol–water partition coefficient (Wildman–Crippen LogP) is 4.81. The summed E-state index contributed by atoms with van der Waals surface area (Å²) in [7, 11) is 0. The molecule has 3 heteroatoms. The first-order valence-electron chi connectivity index (χ1n) is 9.04. The average molecular weight is 340 g/mol. The van der Waals surface area contributed by atoms with Crippen LogP contribution < -0.4 is 0 Å². The van der Waals surface area contributed by atoms with E-state index in [2.05, 4.69) is 32.1 Å². The molecule has 5 rings (SSSR count). The molecule has 1 aromatic heterocycles. The number of hydrogen-bond acceptors (Lipinski definition) is 2. The molecule has 3 nitrogen and oxygen atoms in total. The van der Waals surface area contributed by atoms with Gasteiger partial charge in [-0.15, -0.1) is 0 Å². The molecule has 2 heterocycles. The van der Waals surface area contributed by atoms with E-state index in [9.17, 15) is 4.79 Å². The predicted molar refractivity (Wildman–Crippen MR) is 104 cm³/mol. The van der Waals surface area contributed by atoms with E-state index < -0.39 is 0 Å². The minimum atomic E-state index is -0.0192. The minimum absolute atomic E-state index is 0.0192. The van der Waals surface area contributed by atoms with Crippen LogP contribution in [0.3, 0.4) is 0 Å². The summed E-state index contributed by atoms with van der Waals surface area (Å²) in [6, 6.07) is 18.2. The van der Waals surface area contributed by atoms with Crippen molar-refractivity contribution < 1.29 is 4.79 Å². The molecule has 26 heavy (non-hydrogen) atoms. The number of fused-ring (bicyclic) bond motifs is 2. The maximum absolute atomic E-state index is 13.4. The van der Waals surface area contributed by atoms with E-state index in [4.69, 9.17) is 4.98 Å². The summed E-state index contributed by atoms with van der Waals surface area (Å²) >= 11 is 0. The zero-order valence-corrected chi connectivity index (χ0v) is 15.0. The van der Waals surface area contributed by atoms with Crippen LogP contribution in [0.25, 0.3) is 16.6 Å². The van der Waals surface area contributed by atoms with Gasteiger partial charge in [-0.05, 0) is 23.5 Å². The van der Waals surface area contributed by atoms with Crippen LogP contribution in [0.5, 0.6) is 0 Å². The van der Waals surface area contributed by atoms with Crippen LogP contribution in [0, 0.1) is 5.41 Å². The van der Waals surface area contributed by atoms with Gasteiger partial charge in [0, 0.05) is 10.9 Å². The quantitative estimate of drug-likeness (QED) is 0.670. The Kier molecular flexibility index (Phi) is 3.11. The highest BCUT2D eigenvalue weighted by Gasteiger charge is 2.41. The van der Waals surface area contributed by atoms with E-state index in [1.807, 2.05) is 47.4 Å². The van der Waals surface area contributed by atoms with Gasteiger partial charge in [0.15, 0.2) is 0 Å². The Balaban J connectivity index is 1.75. The number of hydrogen-bond donors (Lipinski definition) is 0. The van der Waals surface area contributed by atoms with Crippen molar-refractivity contribution in [2.45, 2.75) is 26.8 Å². The summed E-state index contributed by atoms with van der Waals surface area (Å²) in [5.41, 5.74) is 5.97. The van der Waals surface area contributed by atoms with E-state index in [1.165, 1.54) is 0 Å². The van der Waals surface area contributed by atoms with Gasteiger partial charge >= 0.3 is 0 Å². The minimum Gasteiger partial charge on any atom is -0.304 e. The standard InChI is InChI=1S/C23H20N2O/c1-23(2)12-18-21-19(13-23)25(14-15-8-4-3-5-9-15)22(26)20(21)16-10-6-7-11-17(16)24-18/h3-11,13H,12,14H2,1-2H3. The number of pyridine rings is 1. The monoisotopic (exact) mass is 340 g/mol. The number of rotatable bonds is 2. The Morgan fingerprint density at radius 2 is 1.73 bits per heavy atom. The highest BCUT2D eigenvalue weighted by atomic mass is 16.2. The van der Waals surface area contributed by atoms with Gasteiger partial charge in [0.1, 0.15) is 0 Å². The Morgan fingerprint density at radius 1 is 1.00 bits per heavy atom. The molecule has 2 aliphatic rings. The first-order valence-corrected chi connectivity index (χ1v) is 9.04. The second kappa shape index (κ2) is 5.28. The fourth-order valence-corrected chi connectivity index (χ4v) is 4.19. The van der Waals surface area contributed by atoms with Gasteiger partial charge in [-0.1, -0.05) is 68.5 Å². The molecule has 1 aliphatic carbocycles. The number of carbonyl (C=O) groups excluding carboxylic acids is 1. The van der Waals surface area contributed by atoms with Crippen molar-refractivity contribution in [3.05, 3.63) is 83.1 Å². The van der Waals surface area contributed by atoms with E-state index >= 15 is 0 Å². The van der Waals surface area contributed by atoms with Gasteiger partial charge in [-0.25, -0.2) is 0 Å². The van der Waals surface area contributed by atoms with E-state index in [1.54, 1.807) is 0 Å². The van der Waals surface area contributed by atoms with Crippen LogP contribution in [0.4, 0.5) is 0 Å². The smallest absolute Gasteiger partial charge is 0.260 e. The second-order valence-electron chi connectivity index (χ2n) is 7.90. The maximum atomic E-state index is 13.4. The van der Waals surface area contributed by atoms with Gasteiger partial charge in [0.05, 0.1) is 29.0 Å². The van der Waals surface area contributed by atoms with E-state index in [-0.39, 0.29) is 11.3 Å². The molecule has 0 saturated heterocycles. The molecule has 0 spiro atoms. The first-order chi connectivity index (χ1) is 12.5. The lowest BCUT2D eigenvalue weighted by Gasteiger charge is -2.30. The van der Waals surface area contributed by atoms with E-state index in [0.29, 0.717) is 6.54 Å². The second-order valence-corrected chi connectivity index (χ2v) is 7.90. The number of allylic oxidation sites excluding steroid dienone is 1. The molecule has 0 atom stereocenters. The van der Waals surface area contributed by atoms with Crippen LogP contribution in [-0.2, 0) is 13.0 Å². The highest BCUT2D eigenvalue weighted by molar-refractivity contribution is 6.17. The number of amides is 1. The summed E-state index contributed by atoms with van der Waals surface area (Å²) in [6.07, 6.45) is 3.11. The van der Waals surface area contributed by atoms with Gasteiger partial charge in [-0.3, -0.25) is 9.78 Å². The normalized spacial score (nSPS) is 17.4. The number of aromatic nitrogens is 1. The molecular formula is C23H20N2O. The van der Waals surface area contributed by atoms with Crippen LogP contribution in [0.15, 0.2) is 60.7 Å². The number of para-hydroxylation sites is 1. The fourth-order valence-electron chi connectivity index (χ4n) is 4.19. The first kappa shape index (κ1) is 15.3. The van der Waals surface area contributed by atoms with Gasteiger partial charge in [-0.2, -0.15) is 0 Å². The lowest BCUT2D eigenvalue weighted by molar-refractivity contribution is 0.0844. The molecule has 3 aromatic rings. The van der Waals surface area contributed by atoms with Crippen molar-refractivity contribution in [3.8, 4) is 0 Å². The largest absolute Gasteiger partial charge is 0.304 e. The summed E-state index contributed by atoms with van der Waals surface area (Å²) in [5, 5.41) is 0.956. The number of nitrogens with zero attached hydrogens (tertiary/aromatic N) is 2. The Labute approximate surface area is 153 Å². The van der Waals surface area contributed by atoms with Crippen LogP contribution in [0.2, 0.25) is 0 Å². The average Bonchev–Trinajstić information content (AvgIpc) is 2.89. The molecule has 0 N–H and O–H groups in total. The summed E-state index contributed by atoms with van der Waals surface area (Å²) in [5.74, 6) is 0.0904. The Morgan fingerprint density at radius 3 is 2.54 bits per heavy atom. The van der Waals surface area contributed by atoms with Crippen molar-refractivity contribution >= 4 is 22.5 Å². The molecule has 0 bridgehead atoms. The molecule has 0 unspecified atom stereocenters. The third kappa shape index (κ3) is 2.20. The van der Waals surface area contributed by atoms with Crippen molar-refractivity contribution in [2.24, 2.45) is 5.41 Å². The van der Waals surface area contributed by atoms with Gasteiger partial charge in [0.25, 0.3) is 5.91 Å². The third-order valence-corrected chi connectivity index (χ3v) is 5.31. The Bertz CT molecular complexity index is 1080. The van der Waals surface area contributed by atoms with Gasteiger partial charge < -0.3 is 4.90 Å². The van der Waals surface area contributed by atoms with Gasteiger partial charge in [0.2, 0.25) is 0 Å². The molecule has 128 valence electrons. The molecule has 0 fully saturated rings. The van der Waals surface area contributed by atoms with Crippen LogP contribution >= 0.6 is 0 Å². The Hall–Kier alpha value is -2.94. The maximum Gasteiger partial charge on any atom is 0.260 e. The summed E-state index contributed by atoms with van der Waals surface area (Å²) < 4.78 is 0. The topological polar surface area (TPSA) is 33.2 Å². The SMILES string of the molecule is CC1(C)C=C2c3c(nc4ccccc4c3C(=O)N2Cc2ccccc2)C1. The molecular weight excluding hydrogens is 320 g/mol. The molecule has 1 aliphatic heterocycles. The molecule has 2 aromatic carbocycles. The van der Waals surface area contributed by atoms with Crippen molar-refractivity contribution in [2.75, 3.05) is 0 Å². The molecule has 1 amide bonds. The third-order valence-electron chi connectivity index (χ3n) is 5.31. The number of carbonyl (C=O) groups is 1. The fraction of sp³-hybridized carbons (Fsp3) is 0.217. The molecule has 0 radical (unpaired) electrons. The van der Waals surface area contributed by atoms with E-state index in [0.717, 1.165) is 45.4 Å². The van der Waals surface area contributed by atoms with Crippen LogP contribution in [-0.4, -0.2) is 15.8 Å². The number of benzene rings is 2. The zero-order valence-electron chi connectivity index (χ0n) is 15.0. The zero-order chi connectivity index (χ0) is 17.9. The van der Waals surface area contributed by atoms with Crippen molar-refractivity contribution in [1.29, 1.82) is 0 Å².